The van der Waals surface area contributed by atoms with E-state index in [1.165, 1.54) is 17.4 Å². The van der Waals surface area contributed by atoms with E-state index in [1.54, 1.807) is 32.0 Å². The molecule has 0 aliphatic rings. The predicted molar refractivity (Wildman–Crippen MR) is 78.6 cm³/mol. The summed E-state index contributed by atoms with van der Waals surface area (Å²) in [5, 5.41) is 8.11. The lowest BCUT2D eigenvalue weighted by molar-refractivity contribution is -0.131. The minimum atomic E-state index is -3.29. The molecule has 0 atom stereocenters. The van der Waals surface area contributed by atoms with Crippen LogP contribution in [0.4, 0.5) is 0 Å². The van der Waals surface area contributed by atoms with Gasteiger partial charge in [-0.05, 0) is 31.1 Å². The van der Waals surface area contributed by atoms with Crippen molar-refractivity contribution in [3.05, 3.63) is 41.5 Å². The summed E-state index contributed by atoms with van der Waals surface area (Å²) in [6.07, 6.45) is 2.52. The Hall–Kier alpha value is -1.66. The summed E-state index contributed by atoms with van der Waals surface area (Å²) in [6.45, 7) is 3.53. The number of nitrogens with zero attached hydrogens (tertiary/aromatic N) is 1. The molecule has 0 saturated heterocycles. The Kier molecular flexibility index (Phi) is 5.47. The van der Waals surface area contributed by atoms with Gasteiger partial charge in [0.1, 0.15) is 0 Å². The summed E-state index contributed by atoms with van der Waals surface area (Å²) in [4.78, 5) is 10.5. The van der Waals surface area contributed by atoms with Gasteiger partial charge >= 0.3 is 5.97 Å². The van der Waals surface area contributed by atoms with Gasteiger partial charge in [0, 0.05) is 19.7 Å². The molecule has 0 bridgehead atoms. The van der Waals surface area contributed by atoms with Crippen LogP contribution in [0.2, 0.25) is 0 Å². The minimum Gasteiger partial charge on any atom is -0.478 e. The standard InChI is InChI=1S/C14H19NO4S/c1-11(2)20(18,19)15(3)10-13-6-4-5-12(9-13)7-8-14(16)17/h4-9,11H,10H2,1-3H3,(H,16,17). The van der Waals surface area contributed by atoms with Crippen LogP contribution in [-0.2, 0) is 21.4 Å². The number of carbonyl (C=O) groups is 1. The van der Waals surface area contributed by atoms with E-state index in [-0.39, 0.29) is 6.54 Å². The highest BCUT2D eigenvalue weighted by molar-refractivity contribution is 7.89. The molecular formula is C14H19NO4S. The smallest absolute Gasteiger partial charge is 0.328 e. The van der Waals surface area contributed by atoms with E-state index in [4.69, 9.17) is 5.11 Å². The molecule has 6 heteroatoms. The summed E-state index contributed by atoms with van der Waals surface area (Å²) < 4.78 is 25.2. The van der Waals surface area contributed by atoms with Gasteiger partial charge in [0.25, 0.3) is 0 Å². The zero-order valence-corrected chi connectivity index (χ0v) is 12.6. The molecule has 1 aromatic carbocycles. The molecule has 0 amide bonds. The van der Waals surface area contributed by atoms with Crippen LogP contribution in [0.3, 0.4) is 0 Å². The first kappa shape index (κ1) is 16.4. The van der Waals surface area contributed by atoms with Crippen molar-refractivity contribution in [2.45, 2.75) is 25.6 Å². The van der Waals surface area contributed by atoms with Crippen LogP contribution in [0.25, 0.3) is 6.08 Å². The summed E-state index contributed by atoms with van der Waals surface area (Å²) in [5.74, 6) is -1.02. The molecule has 0 heterocycles. The van der Waals surface area contributed by atoms with Gasteiger partial charge in [-0.25, -0.2) is 17.5 Å². The van der Waals surface area contributed by atoms with Gasteiger partial charge in [0.05, 0.1) is 5.25 Å². The van der Waals surface area contributed by atoms with Crippen molar-refractivity contribution in [2.75, 3.05) is 7.05 Å². The van der Waals surface area contributed by atoms with Crippen molar-refractivity contribution in [2.24, 2.45) is 0 Å². The quantitative estimate of drug-likeness (QED) is 0.814. The molecule has 110 valence electrons. The molecule has 0 fully saturated rings. The van der Waals surface area contributed by atoms with Gasteiger partial charge in [-0.3, -0.25) is 0 Å². The van der Waals surface area contributed by atoms with Crippen LogP contribution < -0.4 is 0 Å². The number of aliphatic carboxylic acids is 1. The van der Waals surface area contributed by atoms with Gasteiger partial charge < -0.3 is 5.11 Å². The molecule has 0 spiro atoms. The van der Waals surface area contributed by atoms with Crippen molar-refractivity contribution in [1.29, 1.82) is 0 Å². The molecule has 1 rings (SSSR count). The topological polar surface area (TPSA) is 74.7 Å². The third-order valence-corrected chi connectivity index (χ3v) is 4.99. The SMILES string of the molecule is CC(C)S(=O)(=O)N(C)Cc1cccc(C=CC(=O)O)c1. The average Bonchev–Trinajstić information content (AvgIpc) is 2.36. The second kappa shape index (κ2) is 6.67. The van der Waals surface area contributed by atoms with Crippen LogP contribution in [0.15, 0.2) is 30.3 Å². The predicted octanol–water partition coefficient (Wildman–Crippen LogP) is 1.95. The van der Waals surface area contributed by atoms with E-state index >= 15 is 0 Å². The van der Waals surface area contributed by atoms with Crippen molar-refractivity contribution in [1.82, 2.24) is 4.31 Å². The van der Waals surface area contributed by atoms with Crippen molar-refractivity contribution >= 4 is 22.1 Å². The number of rotatable bonds is 6. The fourth-order valence-electron chi connectivity index (χ4n) is 1.67. The number of hydrogen-bond donors (Lipinski definition) is 1. The third kappa shape index (κ3) is 4.47. The molecule has 20 heavy (non-hydrogen) atoms. The average molecular weight is 297 g/mol. The Morgan fingerprint density at radius 1 is 1.40 bits per heavy atom. The fraction of sp³-hybridized carbons (Fsp3) is 0.357. The maximum absolute atomic E-state index is 12.0. The van der Waals surface area contributed by atoms with Crippen LogP contribution >= 0.6 is 0 Å². The largest absolute Gasteiger partial charge is 0.478 e. The summed E-state index contributed by atoms with van der Waals surface area (Å²) >= 11 is 0. The van der Waals surface area contributed by atoms with Gasteiger partial charge in [-0.1, -0.05) is 24.3 Å². The monoisotopic (exact) mass is 297 g/mol. The minimum absolute atomic E-state index is 0.259. The highest BCUT2D eigenvalue weighted by Crippen LogP contribution is 2.13. The highest BCUT2D eigenvalue weighted by Gasteiger charge is 2.21. The molecule has 1 aromatic rings. The van der Waals surface area contributed by atoms with Crippen molar-refractivity contribution < 1.29 is 18.3 Å². The van der Waals surface area contributed by atoms with Gasteiger partial charge in [0.2, 0.25) is 10.0 Å². The van der Waals surface area contributed by atoms with Crippen LogP contribution in [0.1, 0.15) is 25.0 Å². The van der Waals surface area contributed by atoms with Crippen molar-refractivity contribution in [3.8, 4) is 0 Å². The Balaban J connectivity index is 2.89. The van der Waals surface area contributed by atoms with Crippen LogP contribution in [-0.4, -0.2) is 36.1 Å². The molecule has 5 nitrogen and oxygen atoms in total. The molecule has 0 aromatic heterocycles. The number of hydrogen-bond acceptors (Lipinski definition) is 3. The number of sulfonamides is 1. The Morgan fingerprint density at radius 3 is 2.60 bits per heavy atom. The summed E-state index contributed by atoms with van der Waals surface area (Å²) in [6, 6.07) is 7.11. The molecule has 1 N–H and O–H groups in total. The second-order valence-corrected chi connectivity index (χ2v) is 7.36. The van der Waals surface area contributed by atoms with E-state index in [9.17, 15) is 13.2 Å². The highest BCUT2D eigenvalue weighted by atomic mass is 32.2. The molecule has 0 unspecified atom stereocenters. The van der Waals surface area contributed by atoms with E-state index < -0.39 is 21.2 Å². The van der Waals surface area contributed by atoms with E-state index in [1.807, 2.05) is 6.07 Å². The van der Waals surface area contributed by atoms with E-state index in [0.29, 0.717) is 0 Å². The molecule has 0 aliphatic heterocycles. The zero-order chi connectivity index (χ0) is 15.3. The lowest BCUT2D eigenvalue weighted by Gasteiger charge is -2.19. The maximum Gasteiger partial charge on any atom is 0.328 e. The Labute approximate surface area is 119 Å². The molecular weight excluding hydrogens is 278 g/mol. The second-order valence-electron chi connectivity index (χ2n) is 4.77. The molecule has 0 saturated carbocycles. The van der Waals surface area contributed by atoms with E-state index in [0.717, 1.165) is 17.2 Å². The number of benzene rings is 1. The first-order chi connectivity index (χ1) is 9.23. The van der Waals surface area contributed by atoms with Crippen LogP contribution in [0.5, 0.6) is 0 Å². The summed E-state index contributed by atoms with van der Waals surface area (Å²) in [5.41, 5.74) is 1.53. The van der Waals surface area contributed by atoms with Gasteiger partial charge in [-0.15, -0.1) is 0 Å². The maximum atomic E-state index is 12.0. The van der Waals surface area contributed by atoms with Crippen molar-refractivity contribution in [3.63, 3.8) is 0 Å². The fourth-order valence-corrected chi connectivity index (χ4v) is 2.72. The molecule has 0 radical (unpaired) electrons. The normalized spacial score (nSPS) is 12.4. The zero-order valence-electron chi connectivity index (χ0n) is 11.8. The number of carboxylic acid groups (broad SMARTS) is 1. The number of carboxylic acids is 1. The lowest BCUT2D eigenvalue weighted by atomic mass is 10.1. The van der Waals surface area contributed by atoms with E-state index in [2.05, 4.69) is 0 Å². The van der Waals surface area contributed by atoms with Gasteiger partial charge in [0.15, 0.2) is 0 Å². The Bertz CT molecular complexity index is 605. The third-order valence-electron chi connectivity index (χ3n) is 2.80. The Morgan fingerprint density at radius 2 is 2.05 bits per heavy atom. The van der Waals surface area contributed by atoms with Crippen LogP contribution in [0, 0.1) is 0 Å². The summed E-state index contributed by atoms with van der Waals surface area (Å²) in [7, 11) is -1.76. The lowest BCUT2D eigenvalue weighted by Crippen LogP contribution is -2.32. The van der Waals surface area contributed by atoms with Gasteiger partial charge in [-0.2, -0.15) is 0 Å². The first-order valence-electron chi connectivity index (χ1n) is 6.18. The molecule has 0 aliphatic carbocycles. The first-order valence-corrected chi connectivity index (χ1v) is 7.69.